The Labute approximate surface area is 187 Å². The normalized spacial score (nSPS) is 13.0. The molecule has 31 heavy (non-hydrogen) atoms. The minimum Gasteiger partial charge on any atom is -0.347 e. The lowest BCUT2D eigenvalue weighted by atomic mass is 9.83. The van der Waals surface area contributed by atoms with Gasteiger partial charge in [-0.2, -0.15) is 5.10 Å². The molecule has 0 aliphatic heterocycles. The molecule has 3 aromatic rings. The van der Waals surface area contributed by atoms with Gasteiger partial charge in [-0.25, -0.2) is 13.1 Å². The van der Waals surface area contributed by atoms with Crippen LogP contribution in [0.3, 0.4) is 0 Å². The van der Waals surface area contributed by atoms with E-state index in [0.717, 1.165) is 11.1 Å². The van der Waals surface area contributed by atoms with E-state index in [-0.39, 0.29) is 17.3 Å². The fourth-order valence-corrected chi connectivity index (χ4v) is 4.24. The first-order valence-corrected chi connectivity index (χ1v) is 11.6. The van der Waals surface area contributed by atoms with E-state index in [1.54, 1.807) is 19.2 Å². The second-order valence-electron chi connectivity index (χ2n) is 7.77. The topological polar surface area (TPSA) is 93.1 Å². The highest BCUT2D eigenvalue weighted by Gasteiger charge is 2.32. The summed E-state index contributed by atoms with van der Waals surface area (Å²) in [5, 5.41) is 7.49. The number of hydrogen-bond acceptors (Lipinski definition) is 4. The Morgan fingerprint density at radius 3 is 2.35 bits per heavy atom. The van der Waals surface area contributed by atoms with Crippen LogP contribution in [0.5, 0.6) is 0 Å². The van der Waals surface area contributed by atoms with Crippen LogP contribution in [0.4, 0.5) is 0 Å². The predicted molar refractivity (Wildman–Crippen MR) is 120 cm³/mol. The molecule has 9 heteroatoms. The molecule has 0 aliphatic carbocycles. The quantitative estimate of drug-likeness (QED) is 0.540. The van der Waals surface area contributed by atoms with E-state index < -0.39 is 21.5 Å². The van der Waals surface area contributed by atoms with Gasteiger partial charge in [0.2, 0.25) is 15.9 Å². The summed E-state index contributed by atoms with van der Waals surface area (Å²) in [4.78, 5) is 13.3. The number of nitrogens with zero attached hydrogens (tertiary/aromatic N) is 2. The highest BCUT2D eigenvalue weighted by atomic mass is 35.5. The number of nitrogens with one attached hydrogen (secondary N) is 2. The molecule has 1 unspecified atom stereocenters. The monoisotopic (exact) mass is 460 g/mol. The Hall–Kier alpha value is -2.68. The molecule has 1 atom stereocenters. The summed E-state index contributed by atoms with van der Waals surface area (Å²) in [7, 11) is -2.13. The molecule has 7 nitrogen and oxygen atoms in total. The molecule has 0 radical (unpaired) electrons. The van der Waals surface area contributed by atoms with Crippen LogP contribution >= 0.6 is 11.6 Å². The van der Waals surface area contributed by atoms with Crippen molar-refractivity contribution in [3.05, 3.63) is 83.1 Å². The molecule has 0 bridgehead atoms. The molecular formula is C22H25ClN4O3S. The number of benzene rings is 2. The van der Waals surface area contributed by atoms with Gasteiger partial charge in [0.15, 0.2) is 0 Å². The molecular weight excluding hydrogens is 436 g/mol. The molecule has 0 spiro atoms. The number of rotatable bonds is 8. The third-order valence-electron chi connectivity index (χ3n) is 5.11. The smallest absolute Gasteiger partial charge is 0.243 e. The highest BCUT2D eigenvalue weighted by molar-refractivity contribution is 7.89. The van der Waals surface area contributed by atoms with E-state index in [1.165, 1.54) is 17.1 Å². The molecule has 1 aromatic heterocycles. The summed E-state index contributed by atoms with van der Waals surface area (Å²) in [5.74, 6) is -0.232. The molecule has 0 saturated carbocycles. The van der Waals surface area contributed by atoms with Crippen LogP contribution in [0.15, 0.2) is 71.9 Å². The number of hydrogen-bond donors (Lipinski definition) is 2. The summed E-state index contributed by atoms with van der Waals surface area (Å²) >= 11 is 5.97. The van der Waals surface area contributed by atoms with Crippen LogP contribution in [0.1, 0.15) is 31.0 Å². The van der Waals surface area contributed by atoms with Gasteiger partial charge in [0, 0.05) is 24.8 Å². The van der Waals surface area contributed by atoms with Gasteiger partial charge in [0.1, 0.15) is 4.90 Å². The van der Waals surface area contributed by atoms with Crippen molar-refractivity contribution >= 4 is 27.5 Å². The predicted octanol–water partition coefficient (Wildman–Crippen LogP) is 3.19. The number of aryl methyl sites for hydroxylation is 1. The van der Waals surface area contributed by atoms with Gasteiger partial charge in [0.25, 0.3) is 0 Å². The zero-order valence-corrected chi connectivity index (χ0v) is 19.1. The molecule has 2 N–H and O–H groups in total. The van der Waals surface area contributed by atoms with Gasteiger partial charge < -0.3 is 5.32 Å². The minimum absolute atomic E-state index is 0.0102. The van der Waals surface area contributed by atoms with Crippen molar-refractivity contribution in [1.29, 1.82) is 0 Å². The van der Waals surface area contributed by atoms with Crippen LogP contribution in [0.25, 0.3) is 0 Å². The number of halogens is 1. The molecule has 164 valence electrons. The van der Waals surface area contributed by atoms with Gasteiger partial charge in [-0.15, -0.1) is 0 Å². The van der Waals surface area contributed by atoms with E-state index in [2.05, 4.69) is 15.1 Å². The first kappa shape index (κ1) is 23.0. The molecule has 0 fully saturated rings. The molecule has 0 saturated heterocycles. The number of sulfonamides is 1. The summed E-state index contributed by atoms with van der Waals surface area (Å²) < 4.78 is 29.2. The summed E-state index contributed by atoms with van der Waals surface area (Å²) in [5.41, 5.74) is 0.744. The number of carbonyl (C=O) groups excluding carboxylic acids is 1. The second-order valence-corrected chi connectivity index (χ2v) is 9.97. The van der Waals surface area contributed by atoms with Gasteiger partial charge in [-0.05, 0) is 37.1 Å². The van der Waals surface area contributed by atoms with E-state index in [1.807, 2.05) is 56.3 Å². The Morgan fingerprint density at radius 2 is 1.77 bits per heavy atom. The van der Waals surface area contributed by atoms with Crippen molar-refractivity contribution in [3.8, 4) is 0 Å². The van der Waals surface area contributed by atoms with Crippen molar-refractivity contribution in [1.82, 2.24) is 19.8 Å². The standard InChI is InChI=1S/C22H25ClN4O3S/c1-22(2,17-9-11-18(23)12-10-17)21(28)26-20(16-7-5-4-6-8-16)14-25-31(29,30)19-13-24-27(3)15-19/h4-13,15,20,25H,14H2,1-3H3,(H,26,28). The van der Waals surface area contributed by atoms with Crippen LogP contribution in [-0.2, 0) is 27.3 Å². The van der Waals surface area contributed by atoms with E-state index in [4.69, 9.17) is 11.6 Å². The molecule has 0 aliphatic rings. The summed E-state index contributed by atoms with van der Waals surface area (Å²) in [6.07, 6.45) is 2.70. The largest absolute Gasteiger partial charge is 0.347 e. The van der Waals surface area contributed by atoms with Gasteiger partial charge in [-0.1, -0.05) is 54.1 Å². The van der Waals surface area contributed by atoms with Crippen molar-refractivity contribution in [2.75, 3.05) is 6.54 Å². The van der Waals surface area contributed by atoms with Gasteiger partial charge in [-0.3, -0.25) is 9.48 Å². The minimum atomic E-state index is -3.77. The lowest BCUT2D eigenvalue weighted by Gasteiger charge is -2.28. The maximum absolute atomic E-state index is 13.2. The van der Waals surface area contributed by atoms with Gasteiger partial charge in [0.05, 0.1) is 17.7 Å². The second kappa shape index (κ2) is 9.21. The average Bonchev–Trinajstić information content (AvgIpc) is 3.19. The van der Waals surface area contributed by atoms with Crippen LogP contribution in [0, 0.1) is 0 Å². The SMILES string of the molecule is Cn1cc(S(=O)(=O)NCC(NC(=O)C(C)(C)c2ccc(Cl)cc2)c2ccccc2)cn1. The fraction of sp³-hybridized carbons (Fsp3) is 0.273. The lowest BCUT2D eigenvalue weighted by Crippen LogP contribution is -2.45. The first-order valence-electron chi connectivity index (χ1n) is 9.70. The third-order valence-corrected chi connectivity index (χ3v) is 6.74. The first-order chi connectivity index (χ1) is 14.6. The molecule has 1 amide bonds. The Bertz CT molecular complexity index is 1140. The van der Waals surface area contributed by atoms with Crippen LogP contribution < -0.4 is 10.0 Å². The Morgan fingerprint density at radius 1 is 1.13 bits per heavy atom. The van der Waals surface area contributed by atoms with Crippen molar-refractivity contribution in [3.63, 3.8) is 0 Å². The van der Waals surface area contributed by atoms with Crippen LogP contribution in [-0.4, -0.2) is 30.7 Å². The molecule has 1 heterocycles. The van der Waals surface area contributed by atoms with Crippen molar-refractivity contribution in [2.45, 2.75) is 30.2 Å². The van der Waals surface area contributed by atoms with Crippen molar-refractivity contribution < 1.29 is 13.2 Å². The highest BCUT2D eigenvalue weighted by Crippen LogP contribution is 2.26. The van der Waals surface area contributed by atoms with E-state index in [9.17, 15) is 13.2 Å². The van der Waals surface area contributed by atoms with E-state index in [0.29, 0.717) is 5.02 Å². The number of carbonyl (C=O) groups is 1. The average molecular weight is 461 g/mol. The van der Waals surface area contributed by atoms with Gasteiger partial charge >= 0.3 is 0 Å². The third kappa shape index (κ3) is 5.52. The maximum atomic E-state index is 13.2. The zero-order chi connectivity index (χ0) is 22.6. The number of amides is 1. The fourth-order valence-electron chi connectivity index (χ4n) is 3.09. The van der Waals surface area contributed by atoms with E-state index >= 15 is 0 Å². The zero-order valence-electron chi connectivity index (χ0n) is 17.5. The van der Waals surface area contributed by atoms with Crippen LogP contribution in [0.2, 0.25) is 5.02 Å². The lowest BCUT2D eigenvalue weighted by molar-refractivity contribution is -0.126. The summed E-state index contributed by atoms with van der Waals surface area (Å²) in [6, 6.07) is 15.8. The maximum Gasteiger partial charge on any atom is 0.243 e. The molecule has 3 rings (SSSR count). The number of aromatic nitrogens is 2. The molecule has 2 aromatic carbocycles. The Balaban J connectivity index is 1.81. The summed E-state index contributed by atoms with van der Waals surface area (Å²) in [6.45, 7) is 3.62. The Kier molecular flexibility index (Phi) is 6.83. The van der Waals surface area contributed by atoms with Crippen molar-refractivity contribution in [2.24, 2.45) is 7.05 Å².